The summed E-state index contributed by atoms with van der Waals surface area (Å²) in [5.41, 5.74) is 2.34. The Bertz CT molecular complexity index is 551. The van der Waals surface area contributed by atoms with Crippen LogP contribution in [0, 0.1) is 6.92 Å². The average molecular weight is 279 g/mol. The standard InChI is InChI=1S/C15H19ClN2O/c1-11-4-7-14(19-11)10-18(3)15-8-13(16)6-5-12(15)9-17-2/h4-8,17H,9-10H2,1-3H3. The van der Waals surface area contributed by atoms with Crippen molar-refractivity contribution in [1.82, 2.24) is 5.32 Å². The van der Waals surface area contributed by atoms with Crippen LogP contribution in [0.2, 0.25) is 5.02 Å². The second-order valence-corrected chi connectivity index (χ2v) is 5.11. The molecule has 19 heavy (non-hydrogen) atoms. The zero-order chi connectivity index (χ0) is 13.8. The highest BCUT2D eigenvalue weighted by atomic mass is 35.5. The van der Waals surface area contributed by atoms with E-state index in [1.807, 2.05) is 45.3 Å². The summed E-state index contributed by atoms with van der Waals surface area (Å²) >= 11 is 6.10. The van der Waals surface area contributed by atoms with Gasteiger partial charge in [-0.05, 0) is 43.8 Å². The van der Waals surface area contributed by atoms with Gasteiger partial charge in [0.15, 0.2) is 0 Å². The normalized spacial score (nSPS) is 10.7. The van der Waals surface area contributed by atoms with Crippen LogP contribution in [-0.4, -0.2) is 14.1 Å². The van der Waals surface area contributed by atoms with Crippen molar-refractivity contribution in [3.63, 3.8) is 0 Å². The molecule has 0 fully saturated rings. The van der Waals surface area contributed by atoms with Gasteiger partial charge in [-0.2, -0.15) is 0 Å². The number of furan rings is 1. The van der Waals surface area contributed by atoms with Gasteiger partial charge < -0.3 is 14.6 Å². The maximum Gasteiger partial charge on any atom is 0.123 e. The summed E-state index contributed by atoms with van der Waals surface area (Å²) in [5.74, 6) is 1.89. The monoisotopic (exact) mass is 278 g/mol. The maximum absolute atomic E-state index is 6.10. The molecule has 1 aromatic carbocycles. The summed E-state index contributed by atoms with van der Waals surface area (Å²) in [6.45, 7) is 3.49. The SMILES string of the molecule is CNCc1ccc(Cl)cc1N(C)Cc1ccc(C)o1. The Hall–Kier alpha value is -1.45. The lowest BCUT2D eigenvalue weighted by atomic mass is 10.1. The molecule has 1 aromatic heterocycles. The molecule has 1 N–H and O–H groups in total. The topological polar surface area (TPSA) is 28.4 Å². The Morgan fingerprint density at radius 2 is 2.05 bits per heavy atom. The molecular formula is C15H19ClN2O. The number of halogens is 1. The molecule has 0 amide bonds. The summed E-state index contributed by atoms with van der Waals surface area (Å²) in [5, 5.41) is 3.92. The smallest absolute Gasteiger partial charge is 0.123 e. The van der Waals surface area contributed by atoms with Crippen molar-refractivity contribution in [1.29, 1.82) is 0 Å². The van der Waals surface area contributed by atoms with E-state index in [-0.39, 0.29) is 0 Å². The van der Waals surface area contributed by atoms with Crippen molar-refractivity contribution < 1.29 is 4.42 Å². The summed E-state index contributed by atoms with van der Waals surface area (Å²) in [6.07, 6.45) is 0. The van der Waals surface area contributed by atoms with E-state index in [9.17, 15) is 0 Å². The van der Waals surface area contributed by atoms with Crippen LogP contribution in [0.1, 0.15) is 17.1 Å². The van der Waals surface area contributed by atoms with Gasteiger partial charge >= 0.3 is 0 Å². The van der Waals surface area contributed by atoms with Crippen molar-refractivity contribution in [2.45, 2.75) is 20.0 Å². The minimum absolute atomic E-state index is 0.727. The van der Waals surface area contributed by atoms with E-state index in [0.29, 0.717) is 0 Å². The molecule has 0 radical (unpaired) electrons. The molecule has 0 atom stereocenters. The molecule has 2 aromatic rings. The van der Waals surface area contributed by atoms with Crippen LogP contribution >= 0.6 is 11.6 Å². The fourth-order valence-corrected chi connectivity index (χ4v) is 2.29. The van der Waals surface area contributed by atoms with Crippen LogP contribution in [0.5, 0.6) is 0 Å². The third-order valence-electron chi connectivity index (χ3n) is 3.01. The summed E-state index contributed by atoms with van der Waals surface area (Å²) in [7, 11) is 3.98. The quantitative estimate of drug-likeness (QED) is 0.906. The number of anilines is 1. The van der Waals surface area contributed by atoms with E-state index >= 15 is 0 Å². The lowest BCUT2D eigenvalue weighted by molar-refractivity contribution is 0.481. The number of nitrogens with zero attached hydrogens (tertiary/aromatic N) is 1. The Balaban J connectivity index is 2.21. The van der Waals surface area contributed by atoms with Crippen molar-refractivity contribution in [2.75, 3.05) is 19.0 Å². The van der Waals surface area contributed by atoms with Gasteiger partial charge in [-0.25, -0.2) is 0 Å². The zero-order valence-electron chi connectivity index (χ0n) is 11.5. The van der Waals surface area contributed by atoms with Gasteiger partial charge in [0.05, 0.1) is 6.54 Å². The second-order valence-electron chi connectivity index (χ2n) is 4.67. The van der Waals surface area contributed by atoms with Crippen molar-refractivity contribution >= 4 is 17.3 Å². The van der Waals surface area contributed by atoms with Crippen molar-refractivity contribution in [3.8, 4) is 0 Å². The molecule has 2 rings (SSSR count). The van der Waals surface area contributed by atoms with Crippen LogP contribution in [0.25, 0.3) is 0 Å². The van der Waals surface area contributed by atoms with Gasteiger partial charge in [0.1, 0.15) is 11.5 Å². The predicted molar refractivity (Wildman–Crippen MR) is 79.8 cm³/mol. The van der Waals surface area contributed by atoms with E-state index in [1.165, 1.54) is 5.56 Å². The summed E-state index contributed by atoms with van der Waals surface area (Å²) < 4.78 is 5.62. The first kappa shape index (κ1) is 14.0. The minimum atomic E-state index is 0.727. The van der Waals surface area contributed by atoms with E-state index in [4.69, 9.17) is 16.0 Å². The fourth-order valence-electron chi connectivity index (χ4n) is 2.12. The molecule has 3 nitrogen and oxygen atoms in total. The number of benzene rings is 1. The lowest BCUT2D eigenvalue weighted by Crippen LogP contribution is -2.19. The number of hydrogen-bond donors (Lipinski definition) is 1. The van der Waals surface area contributed by atoms with Gasteiger partial charge in [-0.1, -0.05) is 17.7 Å². The first-order valence-corrected chi connectivity index (χ1v) is 6.67. The molecule has 0 aliphatic rings. The molecule has 4 heteroatoms. The van der Waals surface area contributed by atoms with Crippen LogP contribution in [-0.2, 0) is 13.1 Å². The Labute approximate surface area is 119 Å². The first-order chi connectivity index (χ1) is 9.10. The van der Waals surface area contributed by atoms with E-state index in [2.05, 4.69) is 16.3 Å². The van der Waals surface area contributed by atoms with Gasteiger partial charge in [0.2, 0.25) is 0 Å². The van der Waals surface area contributed by atoms with Crippen LogP contribution in [0.3, 0.4) is 0 Å². The third-order valence-corrected chi connectivity index (χ3v) is 3.25. The highest BCUT2D eigenvalue weighted by Gasteiger charge is 2.10. The second kappa shape index (κ2) is 6.13. The molecule has 0 saturated heterocycles. The van der Waals surface area contributed by atoms with E-state index in [1.54, 1.807) is 0 Å². The van der Waals surface area contributed by atoms with Gasteiger partial charge in [-0.15, -0.1) is 0 Å². The van der Waals surface area contributed by atoms with Crippen LogP contribution in [0.4, 0.5) is 5.69 Å². The van der Waals surface area contributed by atoms with E-state index in [0.717, 1.165) is 35.3 Å². The zero-order valence-corrected chi connectivity index (χ0v) is 12.3. The minimum Gasteiger partial charge on any atom is -0.464 e. The highest BCUT2D eigenvalue weighted by molar-refractivity contribution is 6.30. The first-order valence-electron chi connectivity index (χ1n) is 6.29. The van der Waals surface area contributed by atoms with Crippen LogP contribution < -0.4 is 10.2 Å². The van der Waals surface area contributed by atoms with Gasteiger partial charge in [0, 0.05) is 24.3 Å². The van der Waals surface area contributed by atoms with Gasteiger partial charge in [0.25, 0.3) is 0 Å². The van der Waals surface area contributed by atoms with Crippen molar-refractivity contribution in [2.24, 2.45) is 0 Å². The predicted octanol–water partition coefficient (Wildman–Crippen LogP) is 3.60. The molecule has 0 aliphatic carbocycles. The maximum atomic E-state index is 6.10. The molecule has 0 aliphatic heterocycles. The van der Waals surface area contributed by atoms with Crippen molar-refractivity contribution in [3.05, 3.63) is 52.4 Å². The van der Waals surface area contributed by atoms with Gasteiger partial charge in [-0.3, -0.25) is 0 Å². The molecule has 0 saturated carbocycles. The Kier molecular flexibility index (Phi) is 4.51. The summed E-state index contributed by atoms with van der Waals surface area (Å²) in [6, 6.07) is 9.95. The highest BCUT2D eigenvalue weighted by Crippen LogP contribution is 2.25. The molecular weight excluding hydrogens is 260 g/mol. The fraction of sp³-hybridized carbons (Fsp3) is 0.333. The molecule has 1 heterocycles. The van der Waals surface area contributed by atoms with E-state index < -0.39 is 0 Å². The molecule has 102 valence electrons. The Morgan fingerprint density at radius 1 is 1.26 bits per heavy atom. The molecule has 0 bridgehead atoms. The Morgan fingerprint density at radius 3 is 2.68 bits per heavy atom. The number of nitrogens with one attached hydrogen (secondary N) is 1. The average Bonchev–Trinajstić information content (AvgIpc) is 2.77. The third kappa shape index (κ3) is 3.52. The lowest BCUT2D eigenvalue weighted by Gasteiger charge is -2.22. The number of hydrogen-bond acceptors (Lipinski definition) is 3. The molecule has 0 spiro atoms. The number of aryl methyl sites for hydroxylation is 1. The molecule has 0 unspecified atom stereocenters. The summed E-state index contributed by atoms with van der Waals surface area (Å²) in [4.78, 5) is 2.15. The number of rotatable bonds is 5. The largest absolute Gasteiger partial charge is 0.464 e. The van der Waals surface area contributed by atoms with Crippen LogP contribution in [0.15, 0.2) is 34.7 Å².